The molecule has 2 amide bonds. The van der Waals surface area contributed by atoms with Crippen LogP contribution in [0.5, 0.6) is 0 Å². The molecule has 2 saturated carbocycles. The molecule has 262 valence electrons. The number of nitrogens with one attached hydrogen (secondary N) is 3. The molecule has 1 saturated heterocycles. The third-order valence-electron chi connectivity index (χ3n) is 9.34. The maximum absolute atomic E-state index is 15.0. The highest BCUT2D eigenvalue weighted by atomic mass is 35.5. The summed E-state index contributed by atoms with van der Waals surface area (Å²) in [6.45, 7) is 6.06. The van der Waals surface area contributed by atoms with E-state index in [4.69, 9.17) is 11.6 Å². The molecule has 0 unspecified atom stereocenters. The van der Waals surface area contributed by atoms with Crippen molar-refractivity contribution in [1.82, 2.24) is 45.3 Å². The van der Waals surface area contributed by atoms with E-state index in [1.54, 1.807) is 23.1 Å². The van der Waals surface area contributed by atoms with Gasteiger partial charge in [-0.15, -0.1) is 0 Å². The molecule has 0 bridgehead atoms. The second kappa shape index (κ2) is 12.9. The maximum Gasteiger partial charge on any atom is 0.297 e. The number of rotatable bonds is 12. The summed E-state index contributed by atoms with van der Waals surface area (Å²) in [4.78, 5) is 34.7. The van der Waals surface area contributed by atoms with Gasteiger partial charge in [0.1, 0.15) is 17.6 Å². The van der Waals surface area contributed by atoms with Crippen molar-refractivity contribution < 1.29 is 18.4 Å². The summed E-state index contributed by atoms with van der Waals surface area (Å²) < 4.78 is 28.6. The normalized spacial score (nSPS) is 20.0. The van der Waals surface area contributed by atoms with Gasteiger partial charge in [-0.2, -0.15) is 20.1 Å². The summed E-state index contributed by atoms with van der Waals surface area (Å²) in [5.74, 6) is -0.943. The van der Waals surface area contributed by atoms with E-state index in [-0.39, 0.29) is 40.4 Å². The Kier molecular flexibility index (Phi) is 8.69. The van der Waals surface area contributed by atoms with Crippen LogP contribution in [0.1, 0.15) is 94.8 Å². The lowest BCUT2D eigenvalue weighted by Crippen LogP contribution is -2.47. The van der Waals surface area contributed by atoms with Crippen molar-refractivity contribution in [2.24, 2.45) is 11.3 Å². The summed E-state index contributed by atoms with van der Waals surface area (Å²) >= 11 is 6.50. The van der Waals surface area contributed by atoms with Crippen molar-refractivity contribution in [1.29, 1.82) is 5.41 Å². The molecule has 15 heteroatoms. The zero-order valence-electron chi connectivity index (χ0n) is 28.0. The van der Waals surface area contributed by atoms with Crippen molar-refractivity contribution in [2.75, 3.05) is 6.54 Å². The van der Waals surface area contributed by atoms with E-state index in [1.807, 2.05) is 45.0 Å². The molecular weight excluding hydrogens is 666 g/mol. The lowest BCUT2D eigenvalue weighted by atomic mass is 9.75. The van der Waals surface area contributed by atoms with Crippen molar-refractivity contribution in [3.63, 3.8) is 0 Å². The molecule has 4 aromatic rings. The molecule has 3 fully saturated rings. The van der Waals surface area contributed by atoms with Gasteiger partial charge in [-0.1, -0.05) is 62.7 Å². The molecule has 1 aliphatic heterocycles. The average Bonchev–Trinajstić information content (AvgIpc) is 3.96. The van der Waals surface area contributed by atoms with Crippen LogP contribution < -0.4 is 10.6 Å². The first-order valence-electron chi connectivity index (χ1n) is 16.8. The third kappa shape index (κ3) is 6.72. The summed E-state index contributed by atoms with van der Waals surface area (Å²) in [5, 5.41) is 28.6. The highest BCUT2D eigenvalue weighted by Crippen LogP contribution is 2.43. The molecule has 2 aromatic carbocycles. The predicted octanol–water partition coefficient (Wildman–Crippen LogP) is 6.11. The van der Waals surface area contributed by atoms with Crippen LogP contribution in [0.15, 0.2) is 55.0 Å². The lowest BCUT2D eigenvalue weighted by Gasteiger charge is -2.35. The predicted molar refractivity (Wildman–Crippen MR) is 182 cm³/mol. The van der Waals surface area contributed by atoms with Gasteiger partial charge in [-0.3, -0.25) is 19.9 Å². The van der Waals surface area contributed by atoms with Gasteiger partial charge in [0.15, 0.2) is 11.8 Å². The molecule has 12 nitrogen and oxygen atoms in total. The SMILES string of the molecule is CC(C)(C)C[C@]1(c2ccc(-c3cnn(C4CC4)n3)cc2)NC(=N)N([C@H](CNC(=O)CC2CC2)c2ccc(Cl)c(-n3ncnc3C(F)F)c2)C1=O. The van der Waals surface area contributed by atoms with Crippen molar-refractivity contribution in [3.8, 4) is 16.9 Å². The second-order valence-corrected chi connectivity index (χ2v) is 15.1. The fraction of sp³-hybridized carbons (Fsp3) is 0.457. The van der Waals surface area contributed by atoms with E-state index >= 15 is 0 Å². The number of benzene rings is 2. The molecule has 0 radical (unpaired) electrons. The van der Waals surface area contributed by atoms with Gasteiger partial charge in [0.2, 0.25) is 5.91 Å². The zero-order valence-corrected chi connectivity index (χ0v) is 28.8. The van der Waals surface area contributed by atoms with Gasteiger partial charge in [0.05, 0.1) is 29.0 Å². The molecule has 3 N–H and O–H groups in total. The number of nitrogens with zero attached hydrogens (tertiary/aromatic N) is 7. The van der Waals surface area contributed by atoms with E-state index in [0.717, 1.165) is 47.9 Å². The Labute approximate surface area is 293 Å². The Morgan fingerprint density at radius 1 is 1.12 bits per heavy atom. The van der Waals surface area contributed by atoms with Crippen LogP contribution in [-0.2, 0) is 15.1 Å². The summed E-state index contributed by atoms with van der Waals surface area (Å²) in [6.07, 6.45) is 4.68. The standard InChI is InChI=1S/C35H39ClF2N10O2/c1-34(2,3)18-35(23-9-6-21(7-10-23)26-16-42-48(45-26)24-11-12-24)32(50)46(33(39)44-35)28(17-40-29(49)14-20-4-5-20)22-8-13-25(36)27(15-22)47-31(30(37)38)41-19-43-47/h6-10,13,15-16,19-20,24,28,30H,4-5,11-12,14,17-18H2,1-3H3,(H2,39,44)(H,40,49)/t28-,35-/m1/s1. The number of alkyl halides is 2. The smallest absolute Gasteiger partial charge is 0.297 e. The first kappa shape index (κ1) is 33.8. The number of carbonyl (C=O) groups excluding carboxylic acids is 2. The molecule has 2 aromatic heterocycles. The van der Waals surface area contributed by atoms with Crippen LogP contribution >= 0.6 is 11.6 Å². The number of hydrogen-bond acceptors (Lipinski definition) is 7. The molecule has 2 aliphatic carbocycles. The molecule has 7 rings (SSSR count). The molecule has 3 aliphatic rings. The molecule has 50 heavy (non-hydrogen) atoms. The quantitative estimate of drug-likeness (QED) is 0.161. The number of aromatic nitrogens is 6. The Balaban J connectivity index is 1.26. The van der Waals surface area contributed by atoms with E-state index in [0.29, 0.717) is 35.9 Å². The van der Waals surface area contributed by atoms with Gasteiger partial charge in [-0.05, 0) is 66.7 Å². The van der Waals surface area contributed by atoms with Gasteiger partial charge in [0.25, 0.3) is 12.3 Å². The van der Waals surface area contributed by atoms with Gasteiger partial charge in [0, 0.05) is 18.5 Å². The van der Waals surface area contributed by atoms with Crippen LogP contribution in [0.4, 0.5) is 8.78 Å². The highest BCUT2D eigenvalue weighted by molar-refractivity contribution is 6.32. The first-order chi connectivity index (χ1) is 23.8. The number of hydrogen-bond donors (Lipinski definition) is 3. The summed E-state index contributed by atoms with van der Waals surface area (Å²) in [7, 11) is 0. The minimum absolute atomic E-state index is 0.0251. The highest BCUT2D eigenvalue weighted by Gasteiger charge is 2.54. The Hall–Kier alpha value is -4.72. The Morgan fingerprint density at radius 2 is 1.86 bits per heavy atom. The minimum atomic E-state index is -2.91. The topological polar surface area (TPSA) is 147 Å². The van der Waals surface area contributed by atoms with E-state index < -0.39 is 23.8 Å². The van der Waals surface area contributed by atoms with Gasteiger partial charge < -0.3 is 10.6 Å². The first-order valence-corrected chi connectivity index (χ1v) is 17.2. The molecule has 0 spiro atoms. The van der Waals surface area contributed by atoms with E-state index in [9.17, 15) is 23.8 Å². The third-order valence-corrected chi connectivity index (χ3v) is 9.65. The van der Waals surface area contributed by atoms with E-state index in [1.165, 1.54) is 11.0 Å². The Morgan fingerprint density at radius 3 is 2.52 bits per heavy atom. The summed E-state index contributed by atoms with van der Waals surface area (Å²) in [5.41, 5.74) is 1.17. The fourth-order valence-corrected chi connectivity index (χ4v) is 6.86. The van der Waals surface area contributed by atoms with Gasteiger partial charge in [-0.25, -0.2) is 18.4 Å². The lowest BCUT2D eigenvalue weighted by molar-refractivity contribution is -0.134. The van der Waals surface area contributed by atoms with Crippen molar-refractivity contribution in [3.05, 3.63) is 77.0 Å². The van der Waals surface area contributed by atoms with E-state index in [2.05, 4.69) is 30.9 Å². The molecular formula is C35H39ClF2N10O2. The monoisotopic (exact) mass is 704 g/mol. The maximum atomic E-state index is 15.0. The molecule has 3 heterocycles. The van der Waals surface area contributed by atoms with Crippen LogP contribution in [-0.4, -0.2) is 59.0 Å². The second-order valence-electron chi connectivity index (χ2n) is 14.7. The van der Waals surface area contributed by atoms with Crippen LogP contribution in [0.3, 0.4) is 0 Å². The Bertz CT molecular complexity index is 1930. The number of halogens is 3. The molecule has 2 atom stereocenters. The summed E-state index contributed by atoms with van der Waals surface area (Å²) in [6, 6.07) is 11.8. The van der Waals surface area contributed by atoms with Gasteiger partial charge >= 0.3 is 0 Å². The van der Waals surface area contributed by atoms with Crippen LogP contribution in [0.25, 0.3) is 16.9 Å². The average molecular weight is 705 g/mol. The number of amides is 2. The zero-order chi connectivity index (χ0) is 35.4. The van der Waals surface area contributed by atoms with Crippen LogP contribution in [0.2, 0.25) is 5.02 Å². The van der Waals surface area contributed by atoms with Crippen molar-refractivity contribution in [2.45, 2.75) is 83.3 Å². The number of carbonyl (C=O) groups is 2. The minimum Gasteiger partial charge on any atom is -0.354 e. The largest absolute Gasteiger partial charge is 0.354 e. The van der Waals surface area contributed by atoms with Crippen LogP contribution in [0, 0.1) is 16.7 Å². The fourth-order valence-electron chi connectivity index (χ4n) is 6.66. The number of guanidine groups is 1. The van der Waals surface area contributed by atoms with Crippen molar-refractivity contribution >= 4 is 29.4 Å².